The minimum absolute atomic E-state index is 0.528. The van der Waals surface area contributed by atoms with Crippen molar-refractivity contribution in [3.8, 4) is 11.5 Å². The Bertz CT molecular complexity index is 1400. The molecule has 0 fully saturated rings. The van der Waals surface area contributed by atoms with Gasteiger partial charge in [0.25, 0.3) is 0 Å². The highest BCUT2D eigenvalue weighted by molar-refractivity contribution is 5.91. The normalized spacial score (nSPS) is 10.9. The fourth-order valence-electron chi connectivity index (χ4n) is 6.00. The molecule has 2 N–H and O–H groups in total. The number of unbranched alkanes of at least 4 members (excludes halogenated alkanes) is 8. The van der Waals surface area contributed by atoms with Crippen molar-refractivity contribution >= 4 is 23.6 Å². The first-order valence-corrected chi connectivity index (χ1v) is 18.2. The van der Waals surface area contributed by atoms with Crippen LogP contribution < -0.4 is 20.1 Å². The average molecular weight is 643 g/mol. The van der Waals surface area contributed by atoms with Crippen LogP contribution in [0.15, 0.2) is 54.6 Å². The molecule has 6 heteroatoms. The van der Waals surface area contributed by atoms with E-state index in [1.165, 1.54) is 36.8 Å². The Morgan fingerprint density at radius 3 is 1.47 bits per heavy atom. The number of hydrogen-bond donors (Lipinski definition) is 2. The predicted octanol–water partition coefficient (Wildman–Crippen LogP) is 12.1. The Kier molecular flexibility index (Phi) is 16.9. The number of benzene rings is 3. The number of carbonyl (C=O) groups is 2. The zero-order chi connectivity index (χ0) is 33.9. The summed E-state index contributed by atoms with van der Waals surface area (Å²) in [5.41, 5.74) is 6.74. The lowest BCUT2D eigenvalue weighted by Crippen LogP contribution is -2.20. The van der Waals surface area contributed by atoms with Crippen molar-refractivity contribution in [3.05, 3.63) is 82.4 Å². The van der Waals surface area contributed by atoms with Gasteiger partial charge in [-0.25, -0.2) is 9.59 Å². The Morgan fingerprint density at radius 1 is 0.553 bits per heavy atom. The third-order valence-corrected chi connectivity index (χ3v) is 8.75. The molecule has 3 aromatic rings. The first kappa shape index (κ1) is 37.7. The zero-order valence-electron chi connectivity index (χ0n) is 29.6. The van der Waals surface area contributed by atoms with E-state index in [0.29, 0.717) is 22.9 Å². The van der Waals surface area contributed by atoms with E-state index in [-0.39, 0.29) is 0 Å². The molecule has 3 aromatic carbocycles. The SMILES string of the molecule is CCCCCc1cccc(OC(=O)Nc2ccc(C)c(NC(=O)Oc3cccc(CCCCC)c3CCCCC)c2)c1CCCCC. The van der Waals surface area contributed by atoms with Gasteiger partial charge in [-0.15, -0.1) is 0 Å². The van der Waals surface area contributed by atoms with Gasteiger partial charge in [0.15, 0.2) is 0 Å². The van der Waals surface area contributed by atoms with Gasteiger partial charge in [-0.3, -0.25) is 10.6 Å². The number of rotatable bonds is 20. The Labute approximate surface area is 284 Å². The highest BCUT2D eigenvalue weighted by atomic mass is 16.6. The van der Waals surface area contributed by atoms with Gasteiger partial charge in [0, 0.05) is 11.4 Å². The number of carbonyl (C=O) groups excluding carboxylic acids is 2. The van der Waals surface area contributed by atoms with Gasteiger partial charge < -0.3 is 9.47 Å². The van der Waals surface area contributed by atoms with E-state index in [1.54, 1.807) is 6.07 Å². The number of amides is 2. The van der Waals surface area contributed by atoms with E-state index in [9.17, 15) is 9.59 Å². The summed E-state index contributed by atoms with van der Waals surface area (Å²) in [5.74, 6) is 1.24. The molecule has 0 saturated carbocycles. The molecule has 0 spiro atoms. The minimum Gasteiger partial charge on any atom is -0.410 e. The first-order valence-electron chi connectivity index (χ1n) is 18.2. The summed E-state index contributed by atoms with van der Waals surface area (Å²) in [6.07, 6.45) is 16.3. The number of anilines is 2. The molecule has 2 amide bonds. The lowest BCUT2D eigenvalue weighted by atomic mass is 9.96. The van der Waals surface area contributed by atoms with Gasteiger partial charge in [0.1, 0.15) is 11.5 Å². The molecule has 6 nitrogen and oxygen atoms in total. The van der Waals surface area contributed by atoms with Gasteiger partial charge >= 0.3 is 12.2 Å². The molecule has 3 rings (SSSR count). The summed E-state index contributed by atoms with van der Waals surface area (Å²) >= 11 is 0. The number of ether oxygens (including phenoxy) is 2. The van der Waals surface area contributed by atoms with Gasteiger partial charge in [-0.05, 0) is 110 Å². The van der Waals surface area contributed by atoms with Crippen LogP contribution in [0, 0.1) is 6.92 Å². The molecule has 0 heterocycles. The van der Waals surface area contributed by atoms with E-state index < -0.39 is 12.2 Å². The Balaban J connectivity index is 1.71. The number of nitrogens with one attached hydrogen (secondary N) is 2. The third kappa shape index (κ3) is 12.7. The van der Waals surface area contributed by atoms with Gasteiger partial charge in [0.2, 0.25) is 0 Å². The van der Waals surface area contributed by atoms with Crippen molar-refractivity contribution < 1.29 is 19.1 Å². The quantitative estimate of drug-likeness (QED) is 0.120. The molecule has 0 aliphatic rings. The zero-order valence-corrected chi connectivity index (χ0v) is 29.6. The standard InChI is InChI=1S/C41H58N2O4/c1-6-10-14-20-32-22-18-26-38(35(32)24-16-12-8-3)46-40(44)42-34-29-28-31(5)37(30-34)43-41(45)47-39-27-19-23-33(21-15-11-7-2)36(39)25-17-13-9-4/h18-19,22-23,26-30H,6-17,20-21,24-25H2,1-5H3,(H,42,44)(H,43,45). The van der Waals surface area contributed by atoms with Crippen molar-refractivity contribution in [2.45, 2.75) is 137 Å². The molecule has 0 aliphatic heterocycles. The summed E-state index contributed by atoms with van der Waals surface area (Å²) in [7, 11) is 0. The van der Waals surface area contributed by atoms with Gasteiger partial charge in [-0.1, -0.05) is 109 Å². The van der Waals surface area contributed by atoms with Crippen LogP contribution in [0.3, 0.4) is 0 Å². The van der Waals surface area contributed by atoms with Crippen LogP contribution in [0.2, 0.25) is 0 Å². The summed E-state index contributed by atoms with van der Waals surface area (Å²) in [4.78, 5) is 26.3. The second-order valence-electron chi connectivity index (χ2n) is 12.7. The van der Waals surface area contributed by atoms with E-state index in [4.69, 9.17) is 9.47 Å². The summed E-state index contributed by atoms with van der Waals surface area (Å²) in [6.45, 7) is 10.7. The molecule has 0 aromatic heterocycles. The van der Waals surface area contributed by atoms with Crippen molar-refractivity contribution in [2.75, 3.05) is 10.6 Å². The minimum atomic E-state index is -0.554. The molecule has 47 heavy (non-hydrogen) atoms. The van der Waals surface area contributed by atoms with E-state index in [2.05, 4.69) is 50.5 Å². The van der Waals surface area contributed by atoms with Gasteiger partial charge in [0.05, 0.1) is 0 Å². The first-order chi connectivity index (χ1) is 22.9. The maximum Gasteiger partial charge on any atom is 0.417 e. The molecule has 0 unspecified atom stereocenters. The van der Waals surface area contributed by atoms with E-state index >= 15 is 0 Å². The van der Waals surface area contributed by atoms with Crippen LogP contribution in [-0.2, 0) is 25.7 Å². The van der Waals surface area contributed by atoms with Crippen LogP contribution in [0.5, 0.6) is 11.5 Å². The fraction of sp³-hybridized carbons (Fsp3) is 0.512. The van der Waals surface area contributed by atoms with Crippen molar-refractivity contribution in [1.82, 2.24) is 0 Å². The second kappa shape index (κ2) is 21.1. The Morgan fingerprint density at radius 2 is 1.00 bits per heavy atom. The fourth-order valence-corrected chi connectivity index (χ4v) is 6.00. The maximum absolute atomic E-state index is 13.2. The van der Waals surface area contributed by atoms with Crippen LogP contribution in [0.4, 0.5) is 21.0 Å². The molecule has 0 saturated heterocycles. The molecule has 0 aliphatic carbocycles. The lowest BCUT2D eigenvalue weighted by molar-refractivity contribution is 0.213. The number of hydrogen-bond acceptors (Lipinski definition) is 4. The van der Waals surface area contributed by atoms with Crippen molar-refractivity contribution in [1.29, 1.82) is 0 Å². The smallest absolute Gasteiger partial charge is 0.410 e. The topological polar surface area (TPSA) is 76.7 Å². The predicted molar refractivity (Wildman–Crippen MR) is 196 cm³/mol. The largest absolute Gasteiger partial charge is 0.417 e. The summed E-state index contributed by atoms with van der Waals surface area (Å²) in [5, 5.41) is 5.77. The second-order valence-corrected chi connectivity index (χ2v) is 12.7. The van der Waals surface area contributed by atoms with Crippen molar-refractivity contribution in [3.63, 3.8) is 0 Å². The average Bonchev–Trinajstić information content (AvgIpc) is 3.05. The Hall–Kier alpha value is -3.80. The maximum atomic E-state index is 13.2. The summed E-state index contributed by atoms with van der Waals surface area (Å²) in [6, 6.07) is 17.5. The molecular weight excluding hydrogens is 584 g/mol. The van der Waals surface area contributed by atoms with Crippen LogP contribution >= 0.6 is 0 Å². The van der Waals surface area contributed by atoms with Crippen LogP contribution in [0.1, 0.15) is 133 Å². The number of aryl methyl sites for hydroxylation is 3. The van der Waals surface area contributed by atoms with E-state index in [1.807, 2.05) is 43.3 Å². The highest BCUT2D eigenvalue weighted by Gasteiger charge is 2.16. The molecule has 0 radical (unpaired) electrons. The molecule has 256 valence electrons. The third-order valence-electron chi connectivity index (χ3n) is 8.75. The summed E-state index contributed by atoms with van der Waals surface area (Å²) < 4.78 is 11.8. The molecular formula is C41H58N2O4. The molecule has 0 bridgehead atoms. The monoisotopic (exact) mass is 642 g/mol. The lowest BCUT2D eigenvalue weighted by Gasteiger charge is -2.17. The van der Waals surface area contributed by atoms with Crippen LogP contribution in [-0.4, -0.2) is 12.2 Å². The van der Waals surface area contributed by atoms with E-state index in [0.717, 1.165) is 93.7 Å². The van der Waals surface area contributed by atoms with Gasteiger partial charge in [-0.2, -0.15) is 0 Å². The van der Waals surface area contributed by atoms with Crippen molar-refractivity contribution in [2.24, 2.45) is 0 Å². The van der Waals surface area contributed by atoms with Crippen LogP contribution in [0.25, 0.3) is 0 Å². The highest BCUT2D eigenvalue weighted by Crippen LogP contribution is 2.29. The molecule has 0 atom stereocenters.